The molecule has 0 aliphatic carbocycles. The van der Waals surface area contributed by atoms with Gasteiger partial charge in [-0.15, -0.1) is 0 Å². The van der Waals surface area contributed by atoms with E-state index in [1.165, 1.54) is 43.3 Å². The summed E-state index contributed by atoms with van der Waals surface area (Å²) in [5.74, 6) is -0.660. The third kappa shape index (κ3) is 3.79. The lowest BCUT2D eigenvalue weighted by Crippen LogP contribution is -2.14. The Morgan fingerprint density at radius 1 is 0.909 bits per heavy atom. The maximum Gasteiger partial charge on any atom is 0.231 e. The average molecular weight is 317 g/mol. The Balaban J connectivity index is 2.19. The second-order valence-electron chi connectivity index (χ2n) is 4.77. The van der Waals surface area contributed by atoms with E-state index in [9.17, 15) is 18.0 Å². The first kappa shape index (κ1) is 15.9. The van der Waals surface area contributed by atoms with E-state index in [0.717, 1.165) is 0 Å². The van der Waals surface area contributed by atoms with E-state index in [2.05, 4.69) is 5.32 Å². The molecule has 0 aliphatic rings. The predicted octanol–water partition coefficient (Wildman–Crippen LogP) is 2.44. The van der Waals surface area contributed by atoms with Gasteiger partial charge >= 0.3 is 0 Å². The van der Waals surface area contributed by atoms with E-state index < -0.39 is 15.7 Å². The highest BCUT2D eigenvalue weighted by molar-refractivity contribution is 7.91. The minimum absolute atomic E-state index is 0.142. The number of benzene rings is 2. The highest BCUT2D eigenvalue weighted by Crippen LogP contribution is 2.22. The maximum absolute atomic E-state index is 12.4. The molecule has 0 aliphatic heterocycles. The molecule has 0 spiro atoms. The number of rotatable bonds is 5. The Morgan fingerprint density at radius 2 is 1.45 bits per heavy atom. The molecular weight excluding hydrogens is 302 g/mol. The summed E-state index contributed by atoms with van der Waals surface area (Å²) in [6, 6.07) is 13.9. The van der Waals surface area contributed by atoms with Crippen LogP contribution in [0.3, 0.4) is 0 Å². The van der Waals surface area contributed by atoms with Crippen molar-refractivity contribution in [1.82, 2.24) is 0 Å². The number of sulfone groups is 1. The molecule has 0 heterocycles. The first-order valence-corrected chi connectivity index (χ1v) is 8.07. The fourth-order valence-electron chi connectivity index (χ4n) is 1.88. The first-order chi connectivity index (χ1) is 10.4. The fourth-order valence-corrected chi connectivity index (χ4v) is 3.17. The van der Waals surface area contributed by atoms with Gasteiger partial charge in [-0.05, 0) is 43.3 Å². The molecule has 1 amide bonds. The van der Waals surface area contributed by atoms with Crippen LogP contribution in [-0.2, 0) is 19.4 Å². The lowest BCUT2D eigenvalue weighted by Gasteiger charge is -2.07. The van der Waals surface area contributed by atoms with E-state index in [0.29, 0.717) is 5.69 Å². The van der Waals surface area contributed by atoms with Gasteiger partial charge in [0.05, 0.1) is 16.2 Å². The van der Waals surface area contributed by atoms with E-state index in [4.69, 9.17) is 0 Å². The summed E-state index contributed by atoms with van der Waals surface area (Å²) >= 11 is 0. The van der Waals surface area contributed by atoms with Crippen molar-refractivity contribution in [3.05, 3.63) is 54.6 Å². The van der Waals surface area contributed by atoms with Crippen LogP contribution in [0.5, 0.6) is 0 Å². The van der Waals surface area contributed by atoms with Crippen molar-refractivity contribution >= 4 is 27.2 Å². The van der Waals surface area contributed by atoms with Gasteiger partial charge in [-0.3, -0.25) is 9.59 Å². The Hall–Kier alpha value is -2.47. The average Bonchev–Trinajstić information content (AvgIpc) is 2.48. The van der Waals surface area contributed by atoms with E-state index in [1.807, 2.05) is 0 Å². The summed E-state index contributed by atoms with van der Waals surface area (Å²) in [6.45, 7) is 1.33. The monoisotopic (exact) mass is 317 g/mol. The molecule has 2 rings (SSSR count). The number of Topliss-reactive ketones (excluding diaryl/α,β-unsaturated/α-hetero) is 1. The Labute approximate surface area is 128 Å². The fraction of sp³-hybridized carbons (Fsp3) is 0.125. The van der Waals surface area contributed by atoms with Crippen LogP contribution in [0.1, 0.15) is 13.3 Å². The number of anilines is 1. The van der Waals surface area contributed by atoms with Gasteiger partial charge in [-0.1, -0.05) is 18.2 Å². The molecule has 0 aromatic heterocycles. The van der Waals surface area contributed by atoms with Crippen molar-refractivity contribution in [3.63, 3.8) is 0 Å². The molecule has 2 aromatic rings. The largest absolute Gasteiger partial charge is 0.326 e. The first-order valence-electron chi connectivity index (χ1n) is 6.59. The summed E-state index contributed by atoms with van der Waals surface area (Å²) in [6.07, 6.45) is -0.204. The van der Waals surface area contributed by atoms with Crippen LogP contribution in [0.25, 0.3) is 0 Å². The van der Waals surface area contributed by atoms with Crippen molar-refractivity contribution in [2.75, 3.05) is 5.32 Å². The molecule has 6 heteroatoms. The second kappa shape index (κ2) is 6.53. The van der Waals surface area contributed by atoms with E-state index >= 15 is 0 Å². The number of ketones is 1. The molecule has 22 heavy (non-hydrogen) atoms. The van der Waals surface area contributed by atoms with Gasteiger partial charge in [0.25, 0.3) is 0 Å². The second-order valence-corrected chi connectivity index (χ2v) is 6.72. The van der Waals surface area contributed by atoms with Crippen LogP contribution in [0.4, 0.5) is 5.69 Å². The van der Waals surface area contributed by atoms with Crippen LogP contribution >= 0.6 is 0 Å². The zero-order chi connectivity index (χ0) is 16.2. The van der Waals surface area contributed by atoms with Gasteiger partial charge in [-0.25, -0.2) is 8.42 Å². The Bertz CT molecular complexity index is 781. The van der Waals surface area contributed by atoms with Crippen molar-refractivity contribution in [2.24, 2.45) is 0 Å². The van der Waals surface area contributed by atoms with E-state index in [-0.39, 0.29) is 22.0 Å². The van der Waals surface area contributed by atoms with E-state index in [1.54, 1.807) is 18.2 Å². The number of nitrogens with one attached hydrogen (secondary N) is 1. The predicted molar refractivity (Wildman–Crippen MR) is 82.3 cm³/mol. The quantitative estimate of drug-likeness (QED) is 0.859. The molecule has 0 fully saturated rings. The number of carbonyl (C=O) groups is 2. The number of carbonyl (C=O) groups excluding carboxylic acids is 2. The van der Waals surface area contributed by atoms with Crippen molar-refractivity contribution < 1.29 is 18.0 Å². The standard InChI is InChI=1S/C16H15NO4S/c1-12(18)11-16(19)17-13-7-9-15(10-8-13)22(20,21)14-5-3-2-4-6-14/h2-10H,11H2,1H3,(H,17,19). The van der Waals surface area contributed by atoms with Crippen LogP contribution < -0.4 is 5.32 Å². The minimum atomic E-state index is -3.57. The van der Waals surface area contributed by atoms with Crippen molar-refractivity contribution in [2.45, 2.75) is 23.1 Å². The lowest BCUT2D eigenvalue weighted by molar-refractivity contribution is -0.124. The van der Waals surface area contributed by atoms with Gasteiger partial charge in [0.15, 0.2) is 0 Å². The maximum atomic E-state index is 12.4. The zero-order valence-corrected chi connectivity index (χ0v) is 12.8. The molecule has 2 aromatic carbocycles. The summed E-state index contributed by atoms with van der Waals surface area (Å²) in [5.41, 5.74) is 0.443. The topological polar surface area (TPSA) is 80.3 Å². The summed E-state index contributed by atoms with van der Waals surface area (Å²) < 4.78 is 24.8. The van der Waals surface area contributed by atoms with Gasteiger partial charge in [0, 0.05) is 5.69 Å². The molecular formula is C16H15NO4S. The highest BCUT2D eigenvalue weighted by Gasteiger charge is 2.17. The molecule has 0 unspecified atom stereocenters. The molecule has 0 saturated heterocycles. The molecule has 0 atom stereocenters. The Morgan fingerprint density at radius 3 is 2.00 bits per heavy atom. The normalized spacial score (nSPS) is 11.0. The van der Waals surface area contributed by atoms with Crippen LogP contribution in [0.15, 0.2) is 64.4 Å². The smallest absolute Gasteiger partial charge is 0.231 e. The van der Waals surface area contributed by atoms with Crippen molar-refractivity contribution in [1.29, 1.82) is 0 Å². The molecule has 0 bridgehead atoms. The van der Waals surface area contributed by atoms with Crippen LogP contribution in [-0.4, -0.2) is 20.1 Å². The van der Waals surface area contributed by atoms with Crippen LogP contribution in [0.2, 0.25) is 0 Å². The number of amides is 1. The summed E-state index contributed by atoms with van der Waals surface area (Å²) in [4.78, 5) is 22.7. The van der Waals surface area contributed by atoms with Gasteiger partial charge in [0.2, 0.25) is 15.7 Å². The molecule has 0 radical (unpaired) electrons. The Kier molecular flexibility index (Phi) is 4.72. The van der Waals surface area contributed by atoms with Gasteiger partial charge in [-0.2, -0.15) is 0 Å². The zero-order valence-electron chi connectivity index (χ0n) is 11.9. The molecule has 114 valence electrons. The van der Waals surface area contributed by atoms with Crippen molar-refractivity contribution in [3.8, 4) is 0 Å². The number of hydrogen-bond donors (Lipinski definition) is 1. The third-order valence-corrected chi connectivity index (χ3v) is 4.70. The minimum Gasteiger partial charge on any atom is -0.326 e. The molecule has 5 nitrogen and oxygen atoms in total. The SMILES string of the molecule is CC(=O)CC(=O)Nc1ccc(S(=O)(=O)c2ccccc2)cc1. The third-order valence-electron chi connectivity index (χ3n) is 2.91. The number of hydrogen-bond acceptors (Lipinski definition) is 4. The molecule has 0 saturated carbocycles. The van der Waals surface area contributed by atoms with Crippen LogP contribution in [0, 0.1) is 0 Å². The van der Waals surface area contributed by atoms with Gasteiger partial charge < -0.3 is 5.32 Å². The molecule has 1 N–H and O–H groups in total. The summed E-state index contributed by atoms with van der Waals surface area (Å²) in [5, 5.41) is 2.54. The summed E-state index contributed by atoms with van der Waals surface area (Å²) in [7, 11) is -3.57. The van der Waals surface area contributed by atoms with Gasteiger partial charge in [0.1, 0.15) is 5.78 Å². The lowest BCUT2D eigenvalue weighted by atomic mass is 10.2. The highest BCUT2D eigenvalue weighted by atomic mass is 32.2.